The van der Waals surface area contributed by atoms with Gasteiger partial charge < -0.3 is 0 Å². The van der Waals surface area contributed by atoms with E-state index in [2.05, 4.69) is 41.5 Å². The van der Waals surface area contributed by atoms with Gasteiger partial charge in [0.15, 0.2) is 0 Å². The minimum Gasteiger partial charge on any atom is -0.0622 e. The van der Waals surface area contributed by atoms with Gasteiger partial charge in [-0.05, 0) is 59.2 Å². The lowest BCUT2D eigenvalue weighted by Gasteiger charge is -2.51. The van der Waals surface area contributed by atoms with Gasteiger partial charge in [-0.3, -0.25) is 0 Å². The molecule has 0 amide bonds. The fourth-order valence-corrected chi connectivity index (χ4v) is 5.83. The van der Waals surface area contributed by atoms with Gasteiger partial charge in [0.25, 0.3) is 0 Å². The summed E-state index contributed by atoms with van der Waals surface area (Å²) in [4.78, 5) is 0. The highest BCUT2D eigenvalue weighted by Crippen LogP contribution is 2.74. The molecule has 0 spiro atoms. The predicted molar refractivity (Wildman–Crippen MR) is 69.1 cm³/mol. The fourth-order valence-electron chi connectivity index (χ4n) is 5.83. The first-order valence-electron chi connectivity index (χ1n) is 7.28. The van der Waals surface area contributed by atoms with Gasteiger partial charge in [-0.15, -0.1) is 0 Å². The zero-order valence-corrected chi connectivity index (χ0v) is 11.9. The molecule has 0 aromatic rings. The second-order valence-electron chi connectivity index (χ2n) is 8.21. The highest BCUT2D eigenvalue weighted by atomic mass is 14.7. The molecule has 3 rings (SSSR count). The van der Waals surface area contributed by atoms with E-state index in [1.807, 2.05) is 0 Å². The van der Waals surface area contributed by atoms with Crippen molar-refractivity contribution in [2.45, 2.75) is 54.4 Å². The molecule has 92 valence electrons. The van der Waals surface area contributed by atoms with E-state index in [4.69, 9.17) is 0 Å². The monoisotopic (exact) mass is 220 g/mol. The Labute approximate surface area is 101 Å². The van der Waals surface area contributed by atoms with Crippen molar-refractivity contribution < 1.29 is 0 Å². The second kappa shape index (κ2) is 2.87. The standard InChI is InChI=1S/C16H28/c1-9-7-11-12-8-13(14(11)10(9)2)16(5,6)15(12,3)4/h9-14H,7-8H2,1-6H3. The Balaban J connectivity index is 2.01. The van der Waals surface area contributed by atoms with Crippen molar-refractivity contribution in [1.82, 2.24) is 0 Å². The summed E-state index contributed by atoms with van der Waals surface area (Å²) in [6.07, 6.45) is 3.05. The summed E-state index contributed by atoms with van der Waals surface area (Å²) < 4.78 is 0. The van der Waals surface area contributed by atoms with Crippen LogP contribution in [0.2, 0.25) is 0 Å². The molecule has 0 heteroatoms. The molecule has 0 heterocycles. The van der Waals surface area contributed by atoms with Gasteiger partial charge in [-0.1, -0.05) is 41.5 Å². The second-order valence-corrected chi connectivity index (χ2v) is 8.21. The molecule has 3 fully saturated rings. The molecule has 3 aliphatic carbocycles. The molecule has 6 unspecified atom stereocenters. The van der Waals surface area contributed by atoms with Gasteiger partial charge in [-0.25, -0.2) is 0 Å². The average molecular weight is 220 g/mol. The summed E-state index contributed by atoms with van der Waals surface area (Å²) in [5, 5.41) is 0. The normalized spacial score (nSPS) is 56.6. The summed E-state index contributed by atoms with van der Waals surface area (Å²) in [7, 11) is 0. The number of hydrogen-bond donors (Lipinski definition) is 0. The third-order valence-electron chi connectivity index (χ3n) is 7.65. The Morgan fingerprint density at radius 1 is 0.812 bits per heavy atom. The maximum atomic E-state index is 2.55. The summed E-state index contributed by atoms with van der Waals surface area (Å²) in [6.45, 7) is 15.2. The van der Waals surface area contributed by atoms with Crippen LogP contribution in [0.3, 0.4) is 0 Å². The number of fused-ring (bicyclic) bond motifs is 5. The van der Waals surface area contributed by atoms with Crippen molar-refractivity contribution in [3.63, 3.8) is 0 Å². The van der Waals surface area contributed by atoms with E-state index in [-0.39, 0.29) is 0 Å². The Kier molecular flexibility index (Phi) is 1.99. The van der Waals surface area contributed by atoms with Crippen LogP contribution in [0.25, 0.3) is 0 Å². The predicted octanol–water partition coefficient (Wildman–Crippen LogP) is 4.60. The number of rotatable bonds is 0. The Bertz CT molecular complexity index is 310. The molecule has 3 saturated carbocycles. The van der Waals surface area contributed by atoms with Gasteiger partial charge >= 0.3 is 0 Å². The molecular weight excluding hydrogens is 192 g/mol. The summed E-state index contributed by atoms with van der Waals surface area (Å²) >= 11 is 0. The molecule has 6 atom stereocenters. The summed E-state index contributed by atoms with van der Waals surface area (Å²) in [5.41, 5.74) is 1.14. The van der Waals surface area contributed by atoms with Crippen molar-refractivity contribution in [2.24, 2.45) is 46.3 Å². The van der Waals surface area contributed by atoms with Crippen LogP contribution in [0, 0.1) is 46.3 Å². The molecule has 0 N–H and O–H groups in total. The average Bonchev–Trinajstić information content (AvgIpc) is 2.71. The van der Waals surface area contributed by atoms with E-state index in [1.165, 1.54) is 12.8 Å². The van der Waals surface area contributed by atoms with E-state index in [0.29, 0.717) is 10.8 Å². The fraction of sp³-hybridized carbons (Fsp3) is 1.00. The highest BCUT2D eigenvalue weighted by Gasteiger charge is 2.67. The molecule has 0 aromatic carbocycles. The molecule has 0 aromatic heterocycles. The lowest BCUT2D eigenvalue weighted by molar-refractivity contribution is -0.0295. The van der Waals surface area contributed by atoms with E-state index >= 15 is 0 Å². The van der Waals surface area contributed by atoms with Gasteiger partial charge in [0.1, 0.15) is 0 Å². The summed E-state index contributed by atoms with van der Waals surface area (Å²) in [5.74, 6) is 6.11. The summed E-state index contributed by atoms with van der Waals surface area (Å²) in [6, 6.07) is 0. The number of hydrogen-bond acceptors (Lipinski definition) is 0. The minimum atomic E-state index is 0.567. The van der Waals surface area contributed by atoms with Gasteiger partial charge in [-0.2, -0.15) is 0 Å². The van der Waals surface area contributed by atoms with E-state index in [0.717, 1.165) is 35.5 Å². The minimum absolute atomic E-state index is 0.567. The van der Waals surface area contributed by atoms with Crippen LogP contribution < -0.4 is 0 Å². The first kappa shape index (κ1) is 11.1. The molecule has 0 nitrogen and oxygen atoms in total. The van der Waals surface area contributed by atoms with Gasteiger partial charge in [0, 0.05) is 0 Å². The Hall–Kier alpha value is 0. The topological polar surface area (TPSA) is 0 Å². The van der Waals surface area contributed by atoms with E-state index < -0.39 is 0 Å². The zero-order chi connectivity index (χ0) is 11.9. The van der Waals surface area contributed by atoms with Crippen molar-refractivity contribution in [3.8, 4) is 0 Å². The molecule has 0 aliphatic heterocycles. The van der Waals surface area contributed by atoms with Crippen LogP contribution in [0.1, 0.15) is 54.4 Å². The maximum absolute atomic E-state index is 2.55. The van der Waals surface area contributed by atoms with Crippen molar-refractivity contribution >= 4 is 0 Å². The third-order valence-corrected chi connectivity index (χ3v) is 7.65. The van der Waals surface area contributed by atoms with Crippen molar-refractivity contribution in [1.29, 1.82) is 0 Å². The molecular formula is C16H28. The Morgan fingerprint density at radius 2 is 1.38 bits per heavy atom. The lowest BCUT2D eigenvalue weighted by Crippen LogP contribution is -2.45. The van der Waals surface area contributed by atoms with Crippen LogP contribution in [-0.4, -0.2) is 0 Å². The SMILES string of the molecule is CC1CC2C(C1C)C1CC2C(C)(C)C1(C)C. The van der Waals surface area contributed by atoms with Crippen LogP contribution in [0.4, 0.5) is 0 Å². The van der Waals surface area contributed by atoms with Crippen LogP contribution in [0.15, 0.2) is 0 Å². The first-order chi connectivity index (χ1) is 7.28. The smallest absolute Gasteiger partial charge is 0.0269 e. The Morgan fingerprint density at radius 3 is 2.00 bits per heavy atom. The maximum Gasteiger partial charge on any atom is -0.0269 e. The van der Waals surface area contributed by atoms with Crippen LogP contribution >= 0.6 is 0 Å². The van der Waals surface area contributed by atoms with Crippen molar-refractivity contribution in [3.05, 3.63) is 0 Å². The lowest BCUT2D eigenvalue weighted by atomic mass is 9.54. The first-order valence-corrected chi connectivity index (χ1v) is 7.28. The molecule has 3 aliphatic rings. The molecule has 0 radical (unpaired) electrons. The quantitative estimate of drug-likeness (QED) is 0.560. The van der Waals surface area contributed by atoms with Crippen molar-refractivity contribution in [2.75, 3.05) is 0 Å². The van der Waals surface area contributed by atoms with Crippen LogP contribution in [-0.2, 0) is 0 Å². The molecule has 0 saturated heterocycles. The van der Waals surface area contributed by atoms with E-state index in [1.54, 1.807) is 0 Å². The van der Waals surface area contributed by atoms with E-state index in [9.17, 15) is 0 Å². The van der Waals surface area contributed by atoms with Gasteiger partial charge in [0.2, 0.25) is 0 Å². The third kappa shape index (κ3) is 0.985. The zero-order valence-electron chi connectivity index (χ0n) is 11.9. The molecule has 2 bridgehead atoms. The highest BCUT2D eigenvalue weighted by molar-refractivity contribution is 5.16. The van der Waals surface area contributed by atoms with Crippen LogP contribution in [0.5, 0.6) is 0 Å². The molecule has 16 heavy (non-hydrogen) atoms. The van der Waals surface area contributed by atoms with Gasteiger partial charge in [0.05, 0.1) is 0 Å². The largest absolute Gasteiger partial charge is 0.0622 e.